The van der Waals surface area contributed by atoms with Crippen LogP contribution in [0.25, 0.3) is 11.3 Å². The number of aliphatic hydroxyl groups is 1. The van der Waals surface area contributed by atoms with Crippen LogP contribution in [0.3, 0.4) is 0 Å². The summed E-state index contributed by atoms with van der Waals surface area (Å²) in [5.41, 5.74) is 0.623. The molecule has 2 aromatic rings. The minimum Gasteiger partial charge on any atom is -0.478 e. The van der Waals surface area contributed by atoms with Gasteiger partial charge in [0, 0.05) is 5.56 Å². The lowest BCUT2D eigenvalue weighted by Crippen LogP contribution is -1.96. The average molecular weight is 253 g/mol. The number of benzene rings is 1. The maximum Gasteiger partial charge on any atom is 0.335 e. The maximum absolute atomic E-state index is 10.8. The van der Waals surface area contributed by atoms with Gasteiger partial charge in [-0.05, 0) is 30.3 Å². The molecule has 1 aromatic carbocycles. The summed E-state index contributed by atoms with van der Waals surface area (Å²) in [6.45, 7) is -0.212. The number of furan rings is 1. The van der Waals surface area contributed by atoms with Gasteiger partial charge in [-0.25, -0.2) is 4.79 Å². The molecule has 5 heteroatoms. The standard InChI is InChI=1S/C12H9ClO4/c13-10-3-1-7(12(15)16)5-9(10)11-4-2-8(6-14)17-11/h1-5,14H,6H2,(H,15,16). The predicted octanol–water partition coefficient (Wildman–Crippen LogP) is 2.79. The second-order valence-corrected chi connectivity index (χ2v) is 3.83. The fraction of sp³-hybridized carbons (Fsp3) is 0.0833. The number of rotatable bonds is 3. The third-order valence-electron chi connectivity index (χ3n) is 2.30. The molecular formula is C12H9ClO4. The van der Waals surface area contributed by atoms with Crippen molar-refractivity contribution in [2.45, 2.75) is 6.61 Å². The van der Waals surface area contributed by atoms with Crippen molar-refractivity contribution in [1.29, 1.82) is 0 Å². The summed E-state index contributed by atoms with van der Waals surface area (Å²) < 4.78 is 5.31. The maximum atomic E-state index is 10.8. The van der Waals surface area contributed by atoms with Crippen LogP contribution in [-0.4, -0.2) is 16.2 Å². The molecule has 2 N–H and O–H groups in total. The van der Waals surface area contributed by atoms with E-state index in [2.05, 4.69) is 0 Å². The fourth-order valence-electron chi connectivity index (χ4n) is 1.45. The number of aromatic carboxylic acids is 1. The Hall–Kier alpha value is -1.78. The van der Waals surface area contributed by atoms with Crippen molar-refractivity contribution in [3.05, 3.63) is 46.7 Å². The zero-order chi connectivity index (χ0) is 12.4. The summed E-state index contributed by atoms with van der Waals surface area (Å²) in [7, 11) is 0. The van der Waals surface area contributed by atoms with Crippen LogP contribution in [0.15, 0.2) is 34.7 Å². The Kier molecular flexibility index (Phi) is 3.17. The molecule has 0 amide bonds. The number of carboxylic acids is 1. The van der Waals surface area contributed by atoms with E-state index < -0.39 is 5.97 Å². The van der Waals surface area contributed by atoms with Gasteiger partial charge in [0.05, 0.1) is 10.6 Å². The van der Waals surface area contributed by atoms with E-state index in [9.17, 15) is 4.79 Å². The van der Waals surface area contributed by atoms with E-state index in [1.165, 1.54) is 18.2 Å². The van der Waals surface area contributed by atoms with Crippen molar-refractivity contribution in [3.8, 4) is 11.3 Å². The van der Waals surface area contributed by atoms with E-state index >= 15 is 0 Å². The smallest absolute Gasteiger partial charge is 0.335 e. The Morgan fingerprint density at radius 3 is 2.65 bits per heavy atom. The summed E-state index contributed by atoms with van der Waals surface area (Å²) in [5.74, 6) is -0.198. The van der Waals surface area contributed by atoms with Crippen molar-refractivity contribution in [1.82, 2.24) is 0 Å². The average Bonchev–Trinajstić information content (AvgIpc) is 2.77. The molecular weight excluding hydrogens is 244 g/mol. The molecule has 0 spiro atoms. The van der Waals surface area contributed by atoms with Gasteiger partial charge >= 0.3 is 5.97 Å². The van der Waals surface area contributed by atoms with Crippen LogP contribution in [0, 0.1) is 0 Å². The van der Waals surface area contributed by atoms with E-state index in [1.807, 2.05) is 0 Å². The fourth-order valence-corrected chi connectivity index (χ4v) is 1.67. The van der Waals surface area contributed by atoms with Crippen LogP contribution in [0.5, 0.6) is 0 Å². The Labute approximate surface area is 102 Å². The Balaban J connectivity index is 2.49. The highest BCUT2D eigenvalue weighted by Crippen LogP contribution is 2.30. The van der Waals surface area contributed by atoms with Crippen molar-refractivity contribution in [2.75, 3.05) is 0 Å². The summed E-state index contributed by atoms with van der Waals surface area (Å²) in [5, 5.41) is 18.2. The first-order chi connectivity index (χ1) is 8.11. The second kappa shape index (κ2) is 4.61. The van der Waals surface area contributed by atoms with Crippen molar-refractivity contribution in [3.63, 3.8) is 0 Å². The van der Waals surface area contributed by atoms with Gasteiger partial charge in [-0.1, -0.05) is 11.6 Å². The van der Waals surface area contributed by atoms with Crippen molar-refractivity contribution in [2.24, 2.45) is 0 Å². The molecule has 17 heavy (non-hydrogen) atoms. The van der Waals surface area contributed by atoms with Crippen LogP contribution >= 0.6 is 11.6 Å². The van der Waals surface area contributed by atoms with Gasteiger partial charge in [-0.2, -0.15) is 0 Å². The summed E-state index contributed by atoms with van der Waals surface area (Å²) in [6.07, 6.45) is 0. The Morgan fingerprint density at radius 1 is 1.29 bits per heavy atom. The molecule has 0 unspecified atom stereocenters. The van der Waals surface area contributed by atoms with E-state index in [4.69, 9.17) is 26.2 Å². The summed E-state index contributed by atoms with van der Waals surface area (Å²) in [4.78, 5) is 10.8. The molecule has 88 valence electrons. The number of carbonyl (C=O) groups is 1. The number of carboxylic acid groups (broad SMARTS) is 1. The number of hydrogen-bond acceptors (Lipinski definition) is 3. The quantitative estimate of drug-likeness (QED) is 0.881. The lowest BCUT2D eigenvalue weighted by Gasteiger charge is -2.02. The largest absolute Gasteiger partial charge is 0.478 e. The van der Waals surface area contributed by atoms with Gasteiger partial charge < -0.3 is 14.6 Å². The highest BCUT2D eigenvalue weighted by molar-refractivity contribution is 6.33. The van der Waals surface area contributed by atoms with E-state index in [-0.39, 0.29) is 12.2 Å². The lowest BCUT2D eigenvalue weighted by molar-refractivity contribution is 0.0697. The molecule has 0 aliphatic carbocycles. The van der Waals surface area contributed by atoms with Crippen LogP contribution in [0.4, 0.5) is 0 Å². The Morgan fingerprint density at radius 2 is 2.06 bits per heavy atom. The van der Waals surface area contributed by atoms with Crippen LogP contribution in [0.2, 0.25) is 5.02 Å². The minimum atomic E-state index is -1.03. The topological polar surface area (TPSA) is 70.7 Å². The minimum absolute atomic E-state index is 0.131. The highest BCUT2D eigenvalue weighted by Gasteiger charge is 2.12. The lowest BCUT2D eigenvalue weighted by atomic mass is 10.1. The first kappa shape index (κ1) is 11.7. The summed E-state index contributed by atoms with van der Waals surface area (Å²) >= 11 is 5.97. The zero-order valence-electron chi connectivity index (χ0n) is 8.68. The molecule has 0 atom stereocenters. The van der Waals surface area contributed by atoms with Gasteiger partial charge in [0.25, 0.3) is 0 Å². The van der Waals surface area contributed by atoms with Gasteiger partial charge in [0.2, 0.25) is 0 Å². The highest BCUT2D eigenvalue weighted by atomic mass is 35.5. The number of hydrogen-bond donors (Lipinski definition) is 2. The van der Waals surface area contributed by atoms with Crippen molar-refractivity contribution < 1.29 is 19.4 Å². The molecule has 0 radical (unpaired) electrons. The van der Waals surface area contributed by atoms with Crippen molar-refractivity contribution >= 4 is 17.6 Å². The summed E-state index contributed by atoms with van der Waals surface area (Å²) in [6, 6.07) is 7.60. The molecule has 1 heterocycles. The molecule has 0 bridgehead atoms. The van der Waals surface area contributed by atoms with Gasteiger partial charge in [-0.3, -0.25) is 0 Å². The van der Waals surface area contributed by atoms with Gasteiger partial charge in [0.15, 0.2) is 0 Å². The van der Waals surface area contributed by atoms with Crippen LogP contribution in [0.1, 0.15) is 16.1 Å². The van der Waals surface area contributed by atoms with E-state index in [1.54, 1.807) is 12.1 Å². The predicted molar refractivity (Wildman–Crippen MR) is 62.0 cm³/mol. The van der Waals surface area contributed by atoms with Crippen LogP contribution < -0.4 is 0 Å². The second-order valence-electron chi connectivity index (χ2n) is 3.42. The third kappa shape index (κ3) is 2.33. The molecule has 2 rings (SSSR count). The van der Waals surface area contributed by atoms with Gasteiger partial charge in [-0.15, -0.1) is 0 Å². The Bertz CT molecular complexity index is 559. The van der Waals surface area contributed by atoms with Gasteiger partial charge in [0.1, 0.15) is 18.1 Å². The molecule has 0 aliphatic heterocycles. The first-order valence-electron chi connectivity index (χ1n) is 4.84. The molecule has 1 aromatic heterocycles. The normalized spacial score (nSPS) is 10.5. The SMILES string of the molecule is O=C(O)c1ccc(Cl)c(-c2ccc(CO)o2)c1. The third-order valence-corrected chi connectivity index (χ3v) is 2.63. The van der Waals surface area contributed by atoms with E-state index in [0.29, 0.717) is 22.1 Å². The molecule has 4 nitrogen and oxygen atoms in total. The molecule has 0 saturated carbocycles. The van der Waals surface area contributed by atoms with Crippen LogP contribution in [-0.2, 0) is 6.61 Å². The first-order valence-corrected chi connectivity index (χ1v) is 5.22. The molecule has 0 aliphatic rings. The zero-order valence-corrected chi connectivity index (χ0v) is 9.44. The molecule has 0 fully saturated rings. The van der Waals surface area contributed by atoms with E-state index in [0.717, 1.165) is 0 Å². The molecule has 0 saturated heterocycles. The number of aliphatic hydroxyl groups excluding tert-OH is 1. The number of halogens is 1. The monoisotopic (exact) mass is 252 g/mol.